The number of fused-ring (bicyclic) bond motifs is 4. The number of nitrogens with two attached hydrogens (primary N) is 1. The maximum absolute atomic E-state index is 14.1. The zero-order valence-electron chi connectivity index (χ0n) is 53.1. The minimum absolute atomic E-state index is 0.0145. The fraction of sp³-hybridized carbons (Fsp3) is 0.780. The van der Waals surface area contributed by atoms with Crippen LogP contribution in [0, 0.1) is 11.8 Å². The number of aromatic nitrogens is 3. The van der Waals surface area contributed by atoms with E-state index in [1.807, 2.05) is 11.8 Å². The van der Waals surface area contributed by atoms with Crippen LogP contribution in [0.4, 0.5) is 4.79 Å². The van der Waals surface area contributed by atoms with Crippen LogP contribution in [0.3, 0.4) is 0 Å². The maximum atomic E-state index is 14.1. The average molecular weight is 1310 g/mol. The normalized spacial score (nSPS) is 24.1. The number of unbranched alkanes of at least 4 members (excludes halogenated alkanes) is 1. The number of rotatable bonds is 33. The average Bonchev–Trinajstić information content (AvgIpc) is 1.80. The van der Waals surface area contributed by atoms with E-state index < -0.39 is 108 Å². The van der Waals surface area contributed by atoms with Gasteiger partial charge < -0.3 is 87.3 Å². The van der Waals surface area contributed by atoms with Gasteiger partial charge in [-0.05, 0) is 69.6 Å². The topological polar surface area (TPSA) is 422 Å². The Labute approximate surface area is 535 Å². The fourth-order valence-electron chi connectivity index (χ4n) is 10.7. The number of hydrogen-bond acceptors (Lipinski definition) is 20. The Morgan fingerprint density at radius 2 is 1.35 bits per heavy atom. The number of nitrogens with zero attached hydrogens (tertiary/aromatic N) is 4. The lowest BCUT2D eigenvalue weighted by Crippen LogP contribution is -2.60. The molecule has 0 radical (unpaired) electrons. The van der Waals surface area contributed by atoms with Crippen LogP contribution in [0.5, 0.6) is 0 Å². The number of thioether (sulfide) groups is 1. The van der Waals surface area contributed by atoms with E-state index in [1.54, 1.807) is 33.9 Å². The highest BCUT2D eigenvalue weighted by Crippen LogP contribution is 2.33. The lowest BCUT2D eigenvalue weighted by molar-refractivity contribution is -0.143. The molecule has 10 amide bonds. The van der Waals surface area contributed by atoms with Crippen LogP contribution in [0.2, 0.25) is 0 Å². The van der Waals surface area contributed by atoms with Crippen molar-refractivity contribution in [3.05, 3.63) is 11.9 Å². The summed E-state index contributed by atoms with van der Waals surface area (Å²) in [4.78, 5) is 145. The predicted octanol–water partition coefficient (Wildman–Crippen LogP) is -1.66. The van der Waals surface area contributed by atoms with Gasteiger partial charge in [-0.3, -0.25) is 52.6 Å². The smallest absolute Gasteiger partial charge is 0.315 e. The molecular formula is C59H98N14O17S. The van der Waals surface area contributed by atoms with Crippen LogP contribution in [-0.4, -0.2) is 242 Å². The number of Topliss-reactive ketones (excluding diaryl/α,β-unsaturated/α-hetero) is 1. The van der Waals surface area contributed by atoms with Crippen molar-refractivity contribution in [2.24, 2.45) is 17.6 Å². The number of nitrogens with one attached hydrogen (secondary N) is 9. The third kappa shape index (κ3) is 27.7. The molecule has 2 bridgehead atoms. The minimum Gasteiger partial charge on any atom is -0.481 e. The Hall–Kier alpha value is -6.58. The number of carboxylic acids is 1. The highest BCUT2D eigenvalue weighted by atomic mass is 32.2. The first kappa shape index (κ1) is 75.1. The monoisotopic (exact) mass is 1310 g/mol. The molecule has 0 saturated carbocycles. The van der Waals surface area contributed by atoms with Gasteiger partial charge in [0, 0.05) is 75.5 Å². The van der Waals surface area contributed by atoms with Gasteiger partial charge in [-0.25, -0.2) is 4.79 Å². The molecule has 3 saturated heterocycles. The summed E-state index contributed by atoms with van der Waals surface area (Å²) in [6.07, 6.45) is 6.84. The van der Waals surface area contributed by atoms with E-state index in [9.17, 15) is 57.8 Å². The second-order valence-corrected chi connectivity index (χ2v) is 25.0. The standard InChI is InChI=1S/C59H98N14O17S/c1-37(2)50-57(83)65-42(54(80)62-20-24-87-26-28-89-30-32-90-31-29-88-27-25-86-23-18-40(74)11-9-19-61-47(75)15-6-5-14-46-52-44(36-91-46)66-59(85)69-52)12-7-8-21-72-35-39(70-71-72)33-41(60)53(79)64-43(16-17-49(77)78)55(81)63-34-48(76)67-51(38(3)4)58(84)73-22-10-13-45(73)56(82)68-50/h35,37-38,41-46,50-52H,5-34,36,60H2,1-4H3,(H,61,75)(H,62,80)(H,63,81)(H,64,79)(H,65,83)(H,67,76)(H,68,82)(H,77,78)(H2,66,69,85)/t41-,42?,43-,44-,45-,46-,50-,51-,52-/m0/s1. The molecule has 31 nitrogen and oxygen atoms in total. The van der Waals surface area contributed by atoms with E-state index in [-0.39, 0.29) is 94.8 Å². The molecule has 5 rings (SSSR count). The van der Waals surface area contributed by atoms with Crippen LogP contribution in [0.25, 0.3) is 0 Å². The third-order valence-corrected chi connectivity index (χ3v) is 17.3. The maximum Gasteiger partial charge on any atom is 0.315 e. The SMILES string of the molecule is CC(C)[C@@H]1NC(=O)[C@@H]2CCCN2C(=O)[C@H](C(C)C)NC(=O)CNC(=O)[C@H](CCC(=O)O)NC(=O)[C@@H](N)Cc2cn(nn2)CCCCC(C(=O)NCCOCCOCCOCCOCCOCCC(=O)CCCNC(=O)CCCC[C@@H]2SC[C@@H]3NC(=O)N[C@@H]32)NC1=O. The first-order valence-electron chi connectivity index (χ1n) is 32.0. The van der Waals surface area contributed by atoms with Gasteiger partial charge in [0.15, 0.2) is 0 Å². The molecule has 0 spiro atoms. The number of ketones is 1. The van der Waals surface area contributed by atoms with Crippen molar-refractivity contribution >= 4 is 76.8 Å². The Morgan fingerprint density at radius 1 is 0.670 bits per heavy atom. The van der Waals surface area contributed by atoms with E-state index in [0.717, 1.165) is 25.0 Å². The first-order valence-corrected chi connectivity index (χ1v) is 33.0. The molecule has 512 valence electrons. The highest BCUT2D eigenvalue weighted by molar-refractivity contribution is 8.00. The van der Waals surface area contributed by atoms with E-state index in [2.05, 4.69) is 58.2 Å². The summed E-state index contributed by atoms with van der Waals surface area (Å²) < 4.78 is 29.4. The fourth-order valence-corrected chi connectivity index (χ4v) is 12.2. The van der Waals surface area contributed by atoms with Crippen molar-refractivity contribution in [3.63, 3.8) is 0 Å². The summed E-state index contributed by atoms with van der Waals surface area (Å²) in [6.45, 7) is 10.3. The molecule has 1 aromatic rings. The highest BCUT2D eigenvalue weighted by Gasteiger charge is 2.43. The van der Waals surface area contributed by atoms with Crippen molar-refractivity contribution < 1.29 is 81.5 Å². The van der Waals surface area contributed by atoms with Crippen molar-refractivity contribution in [1.29, 1.82) is 0 Å². The summed E-state index contributed by atoms with van der Waals surface area (Å²) in [6, 6.07) is -6.59. The van der Waals surface area contributed by atoms with Crippen LogP contribution in [0.15, 0.2) is 6.20 Å². The number of carbonyl (C=O) groups excluding carboxylic acids is 10. The van der Waals surface area contributed by atoms with Crippen molar-refractivity contribution in [3.8, 4) is 0 Å². The molecule has 0 aliphatic carbocycles. The number of ether oxygens (including phenoxy) is 5. The summed E-state index contributed by atoms with van der Waals surface area (Å²) in [5.41, 5.74) is 6.55. The molecule has 4 aliphatic rings. The second-order valence-electron chi connectivity index (χ2n) is 23.7. The number of hydrogen-bond donors (Lipinski definition) is 11. The van der Waals surface area contributed by atoms with Crippen molar-refractivity contribution in [2.45, 2.75) is 184 Å². The number of aliphatic carboxylic acids is 1. The Bertz CT molecular complexity index is 2530. The molecule has 32 heteroatoms. The van der Waals surface area contributed by atoms with E-state index >= 15 is 0 Å². The summed E-state index contributed by atoms with van der Waals surface area (Å²) in [5, 5.41) is 42.8. The summed E-state index contributed by atoms with van der Waals surface area (Å²) >= 11 is 1.87. The number of carbonyl (C=O) groups is 11. The number of aryl methyl sites for hydroxylation is 1. The Balaban J connectivity index is 0.973. The van der Waals surface area contributed by atoms with Crippen LogP contribution < -0.4 is 53.6 Å². The first-order chi connectivity index (χ1) is 43.7. The van der Waals surface area contributed by atoms with E-state index in [1.165, 1.54) is 9.58 Å². The molecule has 0 aromatic carbocycles. The van der Waals surface area contributed by atoms with Gasteiger partial charge in [0.1, 0.15) is 36.0 Å². The van der Waals surface area contributed by atoms with Crippen LogP contribution in [-0.2, 0) is 84.6 Å². The Morgan fingerprint density at radius 3 is 2.03 bits per heavy atom. The van der Waals surface area contributed by atoms with Gasteiger partial charge >= 0.3 is 12.0 Å². The summed E-state index contributed by atoms with van der Waals surface area (Å²) in [5.74, 6) is -5.82. The number of urea groups is 1. The molecule has 1 aromatic heterocycles. The molecule has 12 N–H and O–H groups in total. The largest absolute Gasteiger partial charge is 0.481 e. The Kier molecular flexibility index (Phi) is 33.9. The lowest BCUT2D eigenvalue weighted by atomic mass is 10.00. The number of amides is 10. The predicted molar refractivity (Wildman–Crippen MR) is 330 cm³/mol. The van der Waals surface area contributed by atoms with Crippen molar-refractivity contribution in [2.75, 3.05) is 98.0 Å². The molecule has 5 heterocycles. The minimum atomic E-state index is -1.38. The van der Waals surface area contributed by atoms with Gasteiger partial charge in [0.05, 0.1) is 96.4 Å². The quantitative estimate of drug-likeness (QED) is 0.0277. The van der Waals surface area contributed by atoms with Crippen LogP contribution in [0.1, 0.15) is 123 Å². The van der Waals surface area contributed by atoms with Gasteiger partial charge in [-0.1, -0.05) is 39.3 Å². The molecular weight excluding hydrogens is 1210 g/mol. The third-order valence-electron chi connectivity index (χ3n) is 15.7. The molecule has 1 unspecified atom stereocenters. The van der Waals surface area contributed by atoms with Gasteiger partial charge in [0.25, 0.3) is 0 Å². The van der Waals surface area contributed by atoms with Gasteiger partial charge in [0.2, 0.25) is 47.3 Å². The lowest BCUT2D eigenvalue weighted by Gasteiger charge is -2.32. The molecule has 9 atom stereocenters. The van der Waals surface area contributed by atoms with Gasteiger partial charge in [-0.15, -0.1) is 5.10 Å². The van der Waals surface area contributed by atoms with E-state index in [0.29, 0.717) is 109 Å². The number of carboxylic acid groups (broad SMARTS) is 1. The molecule has 3 fully saturated rings. The molecule has 4 aliphatic heterocycles. The van der Waals surface area contributed by atoms with E-state index in [4.69, 9.17) is 29.4 Å². The second kappa shape index (κ2) is 41.1. The van der Waals surface area contributed by atoms with Crippen LogP contribution >= 0.6 is 11.8 Å². The van der Waals surface area contributed by atoms with Crippen molar-refractivity contribution in [1.82, 2.24) is 67.7 Å². The molecule has 91 heavy (non-hydrogen) atoms. The van der Waals surface area contributed by atoms with Gasteiger partial charge in [-0.2, -0.15) is 11.8 Å². The zero-order chi connectivity index (χ0) is 66.1. The zero-order valence-corrected chi connectivity index (χ0v) is 53.9. The summed E-state index contributed by atoms with van der Waals surface area (Å²) in [7, 11) is 0.